The van der Waals surface area contributed by atoms with E-state index in [1.165, 1.54) is 45.4 Å². The van der Waals surface area contributed by atoms with Gasteiger partial charge >= 0.3 is 0 Å². The van der Waals surface area contributed by atoms with Crippen molar-refractivity contribution < 1.29 is 34.7 Å². The quantitative estimate of drug-likeness (QED) is 0.596. The van der Waals surface area contributed by atoms with E-state index in [0.717, 1.165) is 0 Å². The molecule has 0 heterocycles. The summed E-state index contributed by atoms with van der Waals surface area (Å²) in [6.45, 7) is 1.21. The molecule has 4 N–H and O–H groups in total. The number of benzene rings is 2. The van der Waals surface area contributed by atoms with Crippen molar-refractivity contribution in [1.29, 1.82) is 0 Å². The van der Waals surface area contributed by atoms with Crippen molar-refractivity contribution in [3.8, 4) is 23.0 Å². The highest BCUT2D eigenvalue weighted by Gasteiger charge is 2.36. The Morgan fingerprint density at radius 2 is 1.23 bits per heavy atom. The SMILES string of the molecule is COc1cccc(C(O)C(C(C)=O)C(O)c2cccc(OC)c2O)c1O. The summed E-state index contributed by atoms with van der Waals surface area (Å²) in [5, 5.41) is 41.8. The van der Waals surface area contributed by atoms with Gasteiger partial charge in [-0.3, -0.25) is 4.79 Å². The fraction of sp³-hybridized carbons (Fsp3) is 0.316. The third-order valence-corrected chi connectivity index (χ3v) is 4.29. The number of hydrogen-bond acceptors (Lipinski definition) is 7. The Kier molecular flexibility index (Phi) is 6.07. The highest BCUT2D eigenvalue weighted by atomic mass is 16.5. The fourth-order valence-electron chi connectivity index (χ4n) is 2.89. The summed E-state index contributed by atoms with van der Waals surface area (Å²) in [5.74, 6) is -2.24. The van der Waals surface area contributed by atoms with Gasteiger partial charge in [-0.2, -0.15) is 0 Å². The molecule has 0 bridgehead atoms. The number of para-hydroxylation sites is 2. The topological polar surface area (TPSA) is 116 Å². The van der Waals surface area contributed by atoms with Gasteiger partial charge in [-0.15, -0.1) is 0 Å². The number of methoxy groups -OCH3 is 2. The van der Waals surface area contributed by atoms with E-state index < -0.39 is 23.9 Å². The lowest BCUT2D eigenvalue weighted by atomic mass is 9.84. The van der Waals surface area contributed by atoms with E-state index in [2.05, 4.69) is 0 Å². The summed E-state index contributed by atoms with van der Waals surface area (Å²) >= 11 is 0. The molecule has 0 saturated carbocycles. The van der Waals surface area contributed by atoms with Crippen LogP contribution in [-0.4, -0.2) is 40.4 Å². The van der Waals surface area contributed by atoms with Gasteiger partial charge in [0.2, 0.25) is 0 Å². The molecule has 0 spiro atoms. The van der Waals surface area contributed by atoms with Gasteiger partial charge in [0, 0.05) is 11.1 Å². The maximum atomic E-state index is 12.2. The zero-order chi connectivity index (χ0) is 19.4. The Morgan fingerprint density at radius 1 is 0.846 bits per heavy atom. The zero-order valence-electron chi connectivity index (χ0n) is 14.7. The number of hydrogen-bond donors (Lipinski definition) is 4. The smallest absolute Gasteiger partial charge is 0.163 e. The average Bonchev–Trinajstić information content (AvgIpc) is 2.61. The number of phenols is 2. The van der Waals surface area contributed by atoms with Crippen LogP contribution in [0.2, 0.25) is 0 Å². The van der Waals surface area contributed by atoms with Crippen LogP contribution in [0, 0.1) is 5.92 Å². The molecule has 0 aliphatic rings. The molecular weight excluding hydrogens is 340 g/mol. The molecule has 140 valence electrons. The molecule has 7 nitrogen and oxygen atoms in total. The van der Waals surface area contributed by atoms with Crippen LogP contribution in [-0.2, 0) is 4.79 Å². The Morgan fingerprint density at radius 3 is 1.54 bits per heavy atom. The number of carbonyl (C=O) groups is 1. The van der Waals surface area contributed by atoms with E-state index in [0.29, 0.717) is 0 Å². The van der Waals surface area contributed by atoms with Crippen molar-refractivity contribution in [3.05, 3.63) is 47.5 Å². The third kappa shape index (κ3) is 3.58. The lowest BCUT2D eigenvalue weighted by molar-refractivity contribution is -0.130. The number of aromatic hydroxyl groups is 2. The molecule has 2 aromatic carbocycles. The van der Waals surface area contributed by atoms with E-state index in [-0.39, 0.29) is 34.1 Å². The molecule has 0 aliphatic carbocycles. The third-order valence-electron chi connectivity index (χ3n) is 4.29. The molecule has 0 aromatic heterocycles. The minimum atomic E-state index is -1.52. The van der Waals surface area contributed by atoms with Gasteiger partial charge in [0.15, 0.2) is 23.0 Å². The Hall–Kier alpha value is -2.77. The van der Waals surface area contributed by atoms with E-state index in [9.17, 15) is 25.2 Å². The standard InChI is InChI=1S/C19H22O7/c1-10(20)15(18(23)11-6-4-8-13(25-2)16(11)21)19(24)12-7-5-9-14(26-3)17(12)22/h4-9,15,18-19,21-24H,1-3H3. The number of aliphatic hydroxyl groups excluding tert-OH is 2. The second kappa shape index (κ2) is 8.07. The van der Waals surface area contributed by atoms with Gasteiger partial charge in [0.05, 0.1) is 32.3 Å². The Labute approximate surface area is 151 Å². The van der Waals surface area contributed by atoms with Gasteiger partial charge in [-0.25, -0.2) is 0 Å². The summed E-state index contributed by atoms with van der Waals surface area (Å²) in [5.41, 5.74) is 0.0666. The Bertz CT molecular complexity index is 728. The van der Waals surface area contributed by atoms with Gasteiger partial charge < -0.3 is 29.9 Å². The van der Waals surface area contributed by atoms with Crippen LogP contribution in [0.5, 0.6) is 23.0 Å². The minimum absolute atomic E-state index is 0.0333. The van der Waals surface area contributed by atoms with Crippen LogP contribution in [0.4, 0.5) is 0 Å². The van der Waals surface area contributed by atoms with E-state index in [1.54, 1.807) is 12.1 Å². The van der Waals surface area contributed by atoms with Crippen molar-refractivity contribution in [2.75, 3.05) is 14.2 Å². The van der Waals surface area contributed by atoms with E-state index in [1.807, 2.05) is 0 Å². The first-order chi connectivity index (χ1) is 12.3. The van der Waals surface area contributed by atoms with Crippen molar-refractivity contribution >= 4 is 5.78 Å². The van der Waals surface area contributed by atoms with Crippen molar-refractivity contribution in [3.63, 3.8) is 0 Å². The van der Waals surface area contributed by atoms with Gasteiger partial charge in [-0.1, -0.05) is 24.3 Å². The first-order valence-corrected chi connectivity index (χ1v) is 7.91. The largest absolute Gasteiger partial charge is 0.504 e. The molecule has 2 atom stereocenters. The van der Waals surface area contributed by atoms with Crippen molar-refractivity contribution in [2.24, 2.45) is 5.92 Å². The molecular formula is C19H22O7. The number of Topliss-reactive ketones (excluding diaryl/α,β-unsaturated/α-hetero) is 1. The molecule has 0 aliphatic heterocycles. The number of ketones is 1. The molecule has 2 aromatic rings. The maximum absolute atomic E-state index is 12.2. The number of aliphatic hydroxyl groups is 2. The second-order valence-corrected chi connectivity index (χ2v) is 5.82. The normalized spacial score (nSPS) is 14.3. The first-order valence-electron chi connectivity index (χ1n) is 7.91. The molecule has 0 radical (unpaired) electrons. The lowest BCUT2D eigenvalue weighted by Gasteiger charge is -2.27. The minimum Gasteiger partial charge on any atom is -0.504 e. The molecule has 26 heavy (non-hydrogen) atoms. The average molecular weight is 362 g/mol. The predicted molar refractivity (Wildman–Crippen MR) is 93.4 cm³/mol. The summed E-state index contributed by atoms with van der Waals surface area (Å²) in [6.07, 6.45) is -3.05. The highest BCUT2D eigenvalue weighted by molar-refractivity contribution is 5.80. The number of ether oxygens (including phenoxy) is 2. The summed E-state index contributed by atoms with van der Waals surface area (Å²) in [7, 11) is 2.72. The Balaban J connectivity index is 2.48. The van der Waals surface area contributed by atoms with Crippen molar-refractivity contribution in [1.82, 2.24) is 0 Å². The molecule has 7 heteroatoms. The number of carbonyl (C=O) groups excluding carboxylic acids is 1. The molecule has 2 rings (SSSR count). The zero-order valence-corrected chi connectivity index (χ0v) is 14.7. The second-order valence-electron chi connectivity index (χ2n) is 5.82. The van der Waals surface area contributed by atoms with Crippen molar-refractivity contribution in [2.45, 2.75) is 19.1 Å². The van der Waals surface area contributed by atoms with E-state index >= 15 is 0 Å². The highest BCUT2D eigenvalue weighted by Crippen LogP contribution is 2.43. The monoisotopic (exact) mass is 362 g/mol. The summed E-state index contributed by atoms with van der Waals surface area (Å²) < 4.78 is 10.0. The van der Waals surface area contributed by atoms with Gasteiger partial charge in [0.1, 0.15) is 5.78 Å². The van der Waals surface area contributed by atoms with Gasteiger partial charge in [0.25, 0.3) is 0 Å². The number of phenolic OH excluding ortho intramolecular Hbond substituents is 2. The summed E-state index contributed by atoms with van der Waals surface area (Å²) in [6, 6.07) is 8.94. The summed E-state index contributed by atoms with van der Waals surface area (Å²) in [4.78, 5) is 12.2. The molecule has 0 fully saturated rings. The molecule has 0 saturated heterocycles. The van der Waals surface area contributed by atoms with Crippen LogP contribution in [0.15, 0.2) is 36.4 Å². The van der Waals surface area contributed by atoms with E-state index in [4.69, 9.17) is 9.47 Å². The van der Waals surface area contributed by atoms with Crippen LogP contribution >= 0.6 is 0 Å². The van der Waals surface area contributed by atoms with Crippen LogP contribution in [0.25, 0.3) is 0 Å². The number of rotatable bonds is 7. The lowest BCUT2D eigenvalue weighted by Crippen LogP contribution is -2.27. The first kappa shape index (κ1) is 19.6. The fourth-order valence-corrected chi connectivity index (χ4v) is 2.89. The predicted octanol–water partition coefficient (Wildman–Crippen LogP) is 2.09. The van der Waals surface area contributed by atoms with Gasteiger partial charge in [-0.05, 0) is 19.1 Å². The van der Waals surface area contributed by atoms with Crippen LogP contribution in [0.3, 0.4) is 0 Å². The molecule has 0 amide bonds. The molecule has 2 unspecified atom stereocenters. The van der Waals surface area contributed by atoms with Crippen LogP contribution < -0.4 is 9.47 Å². The maximum Gasteiger partial charge on any atom is 0.163 e. The van der Waals surface area contributed by atoms with Crippen LogP contribution in [0.1, 0.15) is 30.3 Å².